The summed E-state index contributed by atoms with van der Waals surface area (Å²) in [6, 6.07) is 25.0. The Hall–Kier alpha value is -3.80. The number of amides is 2. The lowest BCUT2D eigenvalue weighted by atomic mass is 10.1. The Kier molecular flexibility index (Phi) is 5.66. The third-order valence-corrected chi connectivity index (χ3v) is 5.09. The lowest BCUT2D eigenvalue weighted by molar-refractivity contribution is 0.0951. The molecule has 1 heterocycles. The Labute approximate surface area is 175 Å². The topological polar surface area (TPSA) is 61.9 Å². The molecule has 0 saturated carbocycles. The summed E-state index contributed by atoms with van der Waals surface area (Å²) in [6.07, 6.45) is -0.339. The van der Waals surface area contributed by atoms with E-state index in [2.05, 4.69) is 5.32 Å². The second-order valence-electron chi connectivity index (χ2n) is 7.03. The van der Waals surface area contributed by atoms with Crippen molar-refractivity contribution in [3.8, 4) is 0 Å². The number of rotatable bonds is 6. The molecule has 2 amide bonds. The van der Waals surface area contributed by atoms with E-state index in [0.717, 1.165) is 22.6 Å². The van der Waals surface area contributed by atoms with Crippen molar-refractivity contribution < 1.29 is 14.3 Å². The first-order valence-electron chi connectivity index (χ1n) is 9.83. The highest BCUT2D eigenvalue weighted by Crippen LogP contribution is 2.27. The summed E-state index contributed by atoms with van der Waals surface area (Å²) >= 11 is 0. The number of carbonyl (C=O) groups excluding carboxylic acids is 2. The second kappa shape index (κ2) is 8.69. The monoisotopic (exact) mass is 401 g/mol. The Morgan fingerprint density at radius 2 is 1.80 bits per heavy atom. The fourth-order valence-electron chi connectivity index (χ4n) is 3.49. The minimum Gasteiger partial charge on any atom is -0.447 e. The van der Waals surface area contributed by atoms with Crippen LogP contribution in [0, 0.1) is 0 Å². The molecular formula is C24H23N3O3. The summed E-state index contributed by atoms with van der Waals surface area (Å²) in [5.74, 6) is -0.153. The largest absolute Gasteiger partial charge is 0.447 e. The number of nitrogens with zero attached hydrogens (tertiary/aromatic N) is 2. The Morgan fingerprint density at radius 3 is 2.57 bits per heavy atom. The molecule has 3 aromatic carbocycles. The summed E-state index contributed by atoms with van der Waals surface area (Å²) in [5.41, 5.74) is 4.11. The van der Waals surface area contributed by atoms with Crippen LogP contribution in [0.25, 0.3) is 0 Å². The second-order valence-corrected chi connectivity index (χ2v) is 7.03. The average Bonchev–Trinajstić information content (AvgIpc) is 3.23. The molecule has 6 nitrogen and oxygen atoms in total. The molecule has 30 heavy (non-hydrogen) atoms. The van der Waals surface area contributed by atoms with Crippen molar-refractivity contribution in [3.05, 3.63) is 90.0 Å². The lowest BCUT2D eigenvalue weighted by Gasteiger charge is -2.22. The Bertz CT molecular complexity index is 1050. The van der Waals surface area contributed by atoms with Gasteiger partial charge in [0.1, 0.15) is 6.61 Å². The van der Waals surface area contributed by atoms with Gasteiger partial charge in [-0.3, -0.25) is 9.69 Å². The number of cyclic esters (lactones) is 1. The van der Waals surface area contributed by atoms with Gasteiger partial charge in [-0.15, -0.1) is 0 Å². The zero-order valence-electron chi connectivity index (χ0n) is 16.7. The number of carbonyl (C=O) groups is 2. The summed E-state index contributed by atoms with van der Waals surface area (Å²) in [7, 11) is 1.94. The van der Waals surface area contributed by atoms with E-state index in [4.69, 9.17) is 4.74 Å². The molecular weight excluding hydrogens is 378 g/mol. The minimum absolute atomic E-state index is 0.153. The summed E-state index contributed by atoms with van der Waals surface area (Å²) in [5, 5.41) is 2.99. The number of para-hydroxylation sites is 2. The van der Waals surface area contributed by atoms with Crippen molar-refractivity contribution in [1.29, 1.82) is 0 Å². The van der Waals surface area contributed by atoms with Crippen LogP contribution in [0.1, 0.15) is 15.9 Å². The van der Waals surface area contributed by atoms with Gasteiger partial charge in [0, 0.05) is 25.0 Å². The molecule has 152 valence electrons. The summed E-state index contributed by atoms with van der Waals surface area (Å²) in [6.45, 7) is 1.29. The fraction of sp³-hybridized carbons (Fsp3) is 0.167. The zero-order valence-corrected chi connectivity index (χ0v) is 16.7. The highest BCUT2D eigenvalue weighted by Gasteiger charge is 2.23. The molecule has 3 aromatic rings. The van der Waals surface area contributed by atoms with Gasteiger partial charge in [-0.2, -0.15) is 0 Å². The predicted octanol–water partition coefficient (Wildman–Crippen LogP) is 4.34. The standard InChI is InChI=1S/C24H23N3O3/c1-26(19-9-3-2-4-10-19)22-13-6-5-12-21(22)23(28)25-17-18-8-7-11-20(16-18)27-14-15-30-24(27)29/h2-13,16H,14-15,17H2,1H3,(H,25,28). The van der Waals surface area contributed by atoms with Gasteiger partial charge >= 0.3 is 6.09 Å². The molecule has 0 radical (unpaired) electrons. The van der Waals surface area contributed by atoms with Crippen molar-refractivity contribution in [2.24, 2.45) is 0 Å². The van der Waals surface area contributed by atoms with Crippen LogP contribution in [-0.4, -0.2) is 32.2 Å². The van der Waals surface area contributed by atoms with E-state index < -0.39 is 0 Å². The smallest absolute Gasteiger partial charge is 0.414 e. The van der Waals surface area contributed by atoms with Crippen LogP contribution in [0.2, 0.25) is 0 Å². The zero-order chi connectivity index (χ0) is 20.9. The molecule has 0 aliphatic carbocycles. The SMILES string of the molecule is CN(c1ccccc1)c1ccccc1C(=O)NCc1cccc(N2CCOC2=O)c1. The first kappa shape index (κ1) is 19.5. The van der Waals surface area contributed by atoms with Gasteiger partial charge in [-0.25, -0.2) is 4.79 Å². The average molecular weight is 401 g/mol. The third-order valence-electron chi connectivity index (χ3n) is 5.09. The molecule has 1 saturated heterocycles. The van der Waals surface area contributed by atoms with E-state index in [9.17, 15) is 9.59 Å². The van der Waals surface area contributed by atoms with Crippen molar-refractivity contribution in [2.75, 3.05) is 30.0 Å². The number of anilines is 3. The van der Waals surface area contributed by atoms with Gasteiger partial charge in [0.25, 0.3) is 5.91 Å². The molecule has 0 aromatic heterocycles. The van der Waals surface area contributed by atoms with E-state index in [1.54, 1.807) is 4.90 Å². The predicted molar refractivity (Wildman–Crippen MR) is 117 cm³/mol. The lowest BCUT2D eigenvalue weighted by Crippen LogP contribution is -2.26. The number of benzene rings is 3. The third kappa shape index (κ3) is 4.12. The number of hydrogen-bond donors (Lipinski definition) is 1. The summed E-state index contributed by atoms with van der Waals surface area (Å²) in [4.78, 5) is 28.3. The van der Waals surface area contributed by atoms with E-state index in [0.29, 0.717) is 25.3 Å². The van der Waals surface area contributed by atoms with Crippen LogP contribution < -0.4 is 15.1 Å². The van der Waals surface area contributed by atoms with Gasteiger partial charge in [0.15, 0.2) is 0 Å². The fourth-order valence-corrected chi connectivity index (χ4v) is 3.49. The molecule has 0 bridgehead atoms. The number of hydrogen-bond acceptors (Lipinski definition) is 4. The van der Waals surface area contributed by atoms with Crippen molar-refractivity contribution in [3.63, 3.8) is 0 Å². The summed E-state index contributed by atoms with van der Waals surface area (Å²) < 4.78 is 5.00. The molecule has 1 fully saturated rings. The molecule has 0 atom stereocenters. The molecule has 4 rings (SSSR count). The van der Waals surface area contributed by atoms with E-state index in [1.165, 1.54) is 0 Å². The maximum atomic E-state index is 12.9. The van der Waals surface area contributed by atoms with Crippen LogP contribution in [-0.2, 0) is 11.3 Å². The Balaban J connectivity index is 1.48. The van der Waals surface area contributed by atoms with Crippen LogP contribution in [0.5, 0.6) is 0 Å². The first-order chi connectivity index (χ1) is 14.6. The van der Waals surface area contributed by atoms with Crippen molar-refractivity contribution in [1.82, 2.24) is 5.32 Å². The normalized spacial score (nSPS) is 13.1. The molecule has 1 aliphatic heterocycles. The van der Waals surface area contributed by atoms with Crippen LogP contribution >= 0.6 is 0 Å². The highest BCUT2D eigenvalue weighted by atomic mass is 16.6. The van der Waals surface area contributed by atoms with Gasteiger partial charge < -0.3 is 15.0 Å². The maximum absolute atomic E-state index is 12.9. The number of nitrogens with one attached hydrogen (secondary N) is 1. The van der Waals surface area contributed by atoms with Crippen molar-refractivity contribution in [2.45, 2.75) is 6.54 Å². The molecule has 6 heteroatoms. The van der Waals surface area contributed by atoms with Crippen LogP contribution in [0.3, 0.4) is 0 Å². The van der Waals surface area contributed by atoms with Crippen LogP contribution in [0.15, 0.2) is 78.9 Å². The molecule has 0 spiro atoms. The van der Waals surface area contributed by atoms with Crippen molar-refractivity contribution >= 4 is 29.1 Å². The molecule has 1 N–H and O–H groups in total. The maximum Gasteiger partial charge on any atom is 0.414 e. The number of ether oxygens (including phenoxy) is 1. The van der Waals surface area contributed by atoms with Gasteiger partial charge in [0.2, 0.25) is 0 Å². The van der Waals surface area contributed by atoms with E-state index >= 15 is 0 Å². The van der Waals surface area contributed by atoms with Crippen LogP contribution in [0.4, 0.5) is 21.9 Å². The van der Waals surface area contributed by atoms with E-state index in [-0.39, 0.29) is 12.0 Å². The minimum atomic E-state index is -0.339. The van der Waals surface area contributed by atoms with Gasteiger partial charge in [-0.1, -0.05) is 42.5 Å². The first-order valence-corrected chi connectivity index (χ1v) is 9.83. The van der Waals surface area contributed by atoms with Gasteiger partial charge in [0.05, 0.1) is 17.8 Å². The molecule has 1 aliphatic rings. The van der Waals surface area contributed by atoms with E-state index in [1.807, 2.05) is 90.8 Å². The Morgan fingerprint density at radius 1 is 1.03 bits per heavy atom. The molecule has 0 unspecified atom stereocenters. The van der Waals surface area contributed by atoms with Gasteiger partial charge in [-0.05, 0) is 42.0 Å². The highest BCUT2D eigenvalue weighted by molar-refractivity contribution is 6.00. The quantitative estimate of drug-likeness (QED) is 0.667.